The molecule has 1 heterocycles. The number of hydrogen-bond donors (Lipinski definition) is 2. The van der Waals surface area contributed by atoms with Crippen molar-refractivity contribution >= 4 is 5.96 Å². The lowest BCUT2D eigenvalue weighted by molar-refractivity contribution is 0.0698. The molecule has 0 radical (unpaired) electrons. The van der Waals surface area contributed by atoms with Crippen LogP contribution in [0.25, 0.3) is 0 Å². The second kappa shape index (κ2) is 13.4. The molecule has 7 nitrogen and oxygen atoms in total. The van der Waals surface area contributed by atoms with Gasteiger partial charge in [-0.2, -0.15) is 0 Å². The normalized spacial score (nSPS) is 17.0. The lowest BCUT2D eigenvalue weighted by atomic mass is 10.1. The molecule has 1 unspecified atom stereocenters. The third kappa shape index (κ3) is 8.46. The van der Waals surface area contributed by atoms with Crippen molar-refractivity contribution in [2.45, 2.75) is 39.3 Å². The maximum Gasteiger partial charge on any atom is 0.191 e. The Morgan fingerprint density at radius 3 is 2.89 bits per heavy atom. The quantitative estimate of drug-likeness (QED) is 0.322. The summed E-state index contributed by atoms with van der Waals surface area (Å²) in [5.41, 5.74) is 2.26. The Morgan fingerprint density at radius 1 is 1.25 bits per heavy atom. The fourth-order valence-electron chi connectivity index (χ4n) is 2.82. The highest BCUT2D eigenvalue weighted by Crippen LogP contribution is 2.24. The van der Waals surface area contributed by atoms with Gasteiger partial charge in [-0.3, -0.25) is 0 Å². The van der Waals surface area contributed by atoms with Gasteiger partial charge in [0.1, 0.15) is 11.9 Å². The molecule has 1 atom stereocenters. The average molecular weight is 394 g/mol. The summed E-state index contributed by atoms with van der Waals surface area (Å²) in [6.45, 7) is 9.70. The van der Waals surface area contributed by atoms with Gasteiger partial charge in [0.25, 0.3) is 0 Å². The molecule has 28 heavy (non-hydrogen) atoms. The zero-order chi connectivity index (χ0) is 20.0. The number of aryl methyl sites for hydroxylation is 1. The Labute approximate surface area is 168 Å². The molecule has 0 aromatic heterocycles. The van der Waals surface area contributed by atoms with Crippen molar-refractivity contribution in [1.29, 1.82) is 0 Å². The van der Waals surface area contributed by atoms with Crippen molar-refractivity contribution in [3.8, 4) is 5.75 Å². The monoisotopic (exact) mass is 393 g/mol. The number of nitrogens with zero attached hydrogens (tertiary/aromatic N) is 1. The number of ether oxygens (including phenoxy) is 4. The standard InChI is InChI=1S/C21H35N3O4/c1-4-22-21(23-9-5-10-26-13-12-25-3)24-15-18-7-6-17(2)14-20(18)28-19-8-11-27-16-19/h6-7,14,19H,4-5,8-13,15-16H2,1-3H3,(H2,22,23,24). The minimum absolute atomic E-state index is 0.133. The predicted octanol–water partition coefficient (Wildman–Crippen LogP) is 2.27. The Kier molecular flexibility index (Phi) is 10.7. The van der Waals surface area contributed by atoms with Gasteiger partial charge in [-0.15, -0.1) is 0 Å². The van der Waals surface area contributed by atoms with Gasteiger partial charge in [-0.05, 0) is 31.9 Å². The molecule has 1 aromatic rings. The molecule has 1 aromatic carbocycles. The minimum atomic E-state index is 0.133. The second-order valence-corrected chi connectivity index (χ2v) is 6.80. The Hall–Kier alpha value is -1.83. The fraction of sp³-hybridized carbons (Fsp3) is 0.667. The van der Waals surface area contributed by atoms with E-state index in [1.165, 1.54) is 5.56 Å². The van der Waals surface area contributed by atoms with Crippen molar-refractivity contribution in [2.24, 2.45) is 4.99 Å². The van der Waals surface area contributed by atoms with Crippen LogP contribution in [0.1, 0.15) is 30.9 Å². The number of rotatable bonds is 12. The van der Waals surface area contributed by atoms with E-state index in [4.69, 9.17) is 23.9 Å². The highest BCUT2D eigenvalue weighted by molar-refractivity contribution is 5.79. The molecule has 0 bridgehead atoms. The van der Waals surface area contributed by atoms with Gasteiger partial charge in [0.2, 0.25) is 0 Å². The molecule has 2 N–H and O–H groups in total. The Bertz CT molecular complexity index is 589. The zero-order valence-electron chi connectivity index (χ0n) is 17.5. The number of guanidine groups is 1. The predicted molar refractivity (Wildman–Crippen MR) is 111 cm³/mol. The van der Waals surface area contributed by atoms with Crippen molar-refractivity contribution in [1.82, 2.24) is 10.6 Å². The van der Waals surface area contributed by atoms with E-state index in [1.807, 2.05) is 0 Å². The van der Waals surface area contributed by atoms with Crippen LogP contribution in [0.2, 0.25) is 0 Å². The molecule has 1 saturated heterocycles. The molecule has 0 aliphatic carbocycles. The molecule has 0 spiro atoms. The first-order valence-electron chi connectivity index (χ1n) is 10.2. The molecule has 2 rings (SSSR count). The van der Waals surface area contributed by atoms with Crippen LogP contribution in [0, 0.1) is 6.92 Å². The van der Waals surface area contributed by atoms with Gasteiger partial charge in [0, 0.05) is 38.8 Å². The lowest BCUT2D eigenvalue weighted by Crippen LogP contribution is -2.38. The first-order chi connectivity index (χ1) is 13.7. The number of aliphatic imine (C=N–C) groups is 1. The Morgan fingerprint density at radius 2 is 2.14 bits per heavy atom. The fourth-order valence-corrected chi connectivity index (χ4v) is 2.82. The summed E-state index contributed by atoms with van der Waals surface area (Å²) >= 11 is 0. The van der Waals surface area contributed by atoms with Crippen molar-refractivity contribution < 1.29 is 18.9 Å². The van der Waals surface area contributed by atoms with Crippen molar-refractivity contribution in [3.05, 3.63) is 29.3 Å². The lowest BCUT2D eigenvalue weighted by Gasteiger charge is -2.16. The van der Waals surface area contributed by atoms with Crippen LogP contribution in [0.5, 0.6) is 5.75 Å². The summed E-state index contributed by atoms with van der Waals surface area (Å²) in [5, 5.41) is 6.64. The van der Waals surface area contributed by atoms with Crippen LogP contribution >= 0.6 is 0 Å². The van der Waals surface area contributed by atoms with E-state index in [0.717, 1.165) is 49.8 Å². The third-order valence-electron chi connectivity index (χ3n) is 4.35. The number of methoxy groups -OCH3 is 1. The molecule has 0 saturated carbocycles. The summed E-state index contributed by atoms with van der Waals surface area (Å²) in [7, 11) is 1.68. The summed E-state index contributed by atoms with van der Waals surface area (Å²) in [5.74, 6) is 1.71. The van der Waals surface area contributed by atoms with E-state index in [9.17, 15) is 0 Å². The van der Waals surface area contributed by atoms with Gasteiger partial charge in [0.05, 0.1) is 33.0 Å². The SMILES string of the molecule is CCNC(=NCc1ccc(C)cc1OC1CCOC1)NCCCOCCOC. The Balaban J connectivity index is 1.86. The second-order valence-electron chi connectivity index (χ2n) is 6.80. The molecule has 158 valence electrons. The first kappa shape index (κ1) is 22.5. The van der Waals surface area contributed by atoms with E-state index in [0.29, 0.717) is 33.0 Å². The van der Waals surface area contributed by atoms with Crippen LogP contribution in [-0.2, 0) is 20.8 Å². The van der Waals surface area contributed by atoms with E-state index in [1.54, 1.807) is 7.11 Å². The molecule has 0 amide bonds. The van der Waals surface area contributed by atoms with Gasteiger partial charge >= 0.3 is 0 Å². The van der Waals surface area contributed by atoms with Crippen molar-refractivity contribution in [2.75, 3.05) is 53.2 Å². The molecule has 1 fully saturated rings. The van der Waals surface area contributed by atoms with Crippen LogP contribution in [0.15, 0.2) is 23.2 Å². The van der Waals surface area contributed by atoms with Crippen LogP contribution < -0.4 is 15.4 Å². The van der Waals surface area contributed by atoms with E-state index in [-0.39, 0.29) is 6.10 Å². The van der Waals surface area contributed by atoms with Gasteiger partial charge in [0.15, 0.2) is 5.96 Å². The third-order valence-corrected chi connectivity index (χ3v) is 4.35. The topological polar surface area (TPSA) is 73.3 Å². The van der Waals surface area contributed by atoms with Gasteiger partial charge < -0.3 is 29.6 Å². The van der Waals surface area contributed by atoms with E-state index in [2.05, 4.69) is 42.7 Å². The van der Waals surface area contributed by atoms with E-state index >= 15 is 0 Å². The maximum absolute atomic E-state index is 6.16. The smallest absolute Gasteiger partial charge is 0.191 e. The molecule has 7 heteroatoms. The molecular formula is C21H35N3O4. The van der Waals surface area contributed by atoms with Crippen LogP contribution in [-0.4, -0.2) is 65.3 Å². The number of nitrogens with one attached hydrogen (secondary N) is 2. The van der Waals surface area contributed by atoms with Crippen LogP contribution in [0.3, 0.4) is 0 Å². The summed E-state index contributed by atoms with van der Waals surface area (Å²) in [4.78, 5) is 4.72. The largest absolute Gasteiger partial charge is 0.488 e. The van der Waals surface area contributed by atoms with Gasteiger partial charge in [-0.1, -0.05) is 12.1 Å². The molecule has 1 aliphatic heterocycles. The van der Waals surface area contributed by atoms with Gasteiger partial charge in [-0.25, -0.2) is 4.99 Å². The molecule has 1 aliphatic rings. The summed E-state index contributed by atoms with van der Waals surface area (Å²) in [6, 6.07) is 6.28. The van der Waals surface area contributed by atoms with E-state index < -0.39 is 0 Å². The summed E-state index contributed by atoms with van der Waals surface area (Å²) < 4.78 is 22.0. The maximum atomic E-state index is 6.16. The highest BCUT2D eigenvalue weighted by Gasteiger charge is 2.18. The van der Waals surface area contributed by atoms with Crippen LogP contribution in [0.4, 0.5) is 0 Å². The summed E-state index contributed by atoms with van der Waals surface area (Å²) in [6.07, 6.45) is 1.98. The number of benzene rings is 1. The highest BCUT2D eigenvalue weighted by atomic mass is 16.5. The first-order valence-corrected chi connectivity index (χ1v) is 10.2. The number of hydrogen-bond acceptors (Lipinski definition) is 5. The van der Waals surface area contributed by atoms with Crippen molar-refractivity contribution in [3.63, 3.8) is 0 Å². The average Bonchev–Trinajstić information content (AvgIpc) is 3.19. The molecular weight excluding hydrogens is 358 g/mol. The zero-order valence-corrected chi connectivity index (χ0v) is 17.5. The minimum Gasteiger partial charge on any atom is -0.488 e.